The minimum absolute atomic E-state index is 0.119. The number of phenolic OH excluding ortho intramolecular Hbond substituents is 1. The van der Waals surface area contributed by atoms with E-state index in [1.54, 1.807) is 6.07 Å². The second kappa shape index (κ2) is 4.46. The fraction of sp³-hybridized carbons (Fsp3) is 0.300. The first-order valence-electron chi connectivity index (χ1n) is 4.19. The van der Waals surface area contributed by atoms with Gasteiger partial charge in [-0.2, -0.15) is 0 Å². The molecule has 0 spiro atoms. The van der Waals surface area contributed by atoms with Crippen LogP contribution >= 0.6 is 15.9 Å². The number of halogens is 1. The topological polar surface area (TPSA) is 46.5 Å². The lowest BCUT2D eigenvalue weighted by Crippen LogP contribution is -1.94. The second-order valence-electron chi connectivity index (χ2n) is 2.79. The van der Waals surface area contributed by atoms with Crippen molar-refractivity contribution in [3.63, 3.8) is 0 Å². The normalized spacial score (nSPS) is 9.93. The minimum Gasteiger partial charge on any atom is -0.504 e. The Hall–Kier alpha value is -1.03. The molecule has 0 atom stereocenters. The number of methoxy groups -OCH3 is 1. The lowest BCUT2D eigenvalue weighted by atomic mass is 10.1. The number of hydrogen-bond acceptors (Lipinski definition) is 3. The lowest BCUT2D eigenvalue weighted by molar-refractivity contribution is 0.111. The summed E-state index contributed by atoms with van der Waals surface area (Å²) in [5.41, 5.74) is 1.17. The molecule has 0 aliphatic carbocycles. The maximum absolute atomic E-state index is 10.7. The lowest BCUT2D eigenvalue weighted by Gasteiger charge is -2.10. The monoisotopic (exact) mass is 258 g/mol. The third kappa shape index (κ3) is 1.75. The van der Waals surface area contributed by atoms with Gasteiger partial charge >= 0.3 is 0 Å². The van der Waals surface area contributed by atoms with Gasteiger partial charge in [0.05, 0.1) is 12.7 Å². The Morgan fingerprint density at radius 2 is 2.29 bits per heavy atom. The summed E-state index contributed by atoms with van der Waals surface area (Å²) in [4.78, 5) is 10.7. The number of phenols is 1. The zero-order chi connectivity index (χ0) is 10.7. The Labute approximate surface area is 90.8 Å². The van der Waals surface area contributed by atoms with Crippen LogP contribution in [0.1, 0.15) is 22.8 Å². The molecule has 0 fully saturated rings. The van der Waals surface area contributed by atoms with Crippen LogP contribution in [0.15, 0.2) is 10.5 Å². The summed E-state index contributed by atoms with van der Waals surface area (Å²) in [6, 6.07) is 1.71. The fourth-order valence-corrected chi connectivity index (χ4v) is 1.90. The quantitative estimate of drug-likeness (QED) is 0.848. The Bertz CT molecular complexity index is 333. The van der Waals surface area contributed by atoms with Gasteiger partial charge in [0, 0.05) is 4.47 Å². The van der Waals surface area contributed by atoms with Gasteiger partial charge in [-0.1, -0.05) is 6.92 Å². The molecule has 0 saturated carbocycles. The largest absolute Gasteiger partial charge is 0.504 e. The average Bonchev–Trinajstić information content (AvgIpc) is 2.19. The predicted octanol–water partition coefficient (Wildman–Crippen LogP) is 2.54. The molecule has 0 bridgehead atoms. The van der Waals surface area contributed by atoms with Gasteiger partial charge in [0.15, 0.2) is 17.8 Å². The van der Waals surface area contributed by atoms with Gasteiger partial charge in [-0.25, -0.2) is 0 Å². The van der Waals surface area contributed by atoms with Gasteiger partial charge in [0.1, 0.15) is 0 Å². The van der Waals surface area contributed by atoms with E-state index in [0.29, 0.717) is 16.5 Å². The number of ether oxygens (including phenoxy) is 1. The summed E-state index contributed by atoms with van der Waals surface area (Å²) in [7, 11) is 1.46. The zero-order valence-corrected chi connectivity index (χ0v) is 9.59. The molecule has 0 radical (unpaired) electrons. The highest BCUT2D eigenvalue weighted by molar-refractivity contribution is 9.10. The molecule has 0 heterocycles. The van der Waals surface area contributed by atoms with Crippen molar-refractivity contribution in [3.05, 3.63) is 21.7 Å². The molecule has 1 rings (SSSR count). The number of benzene rings is 1. The van der Waals surface area contributed by atoms with E-state index in [2.05, 4.69) is 15.9 Å². The molecular weight excluding hydrogens is 248 g/mol. The maximum Gasteiger partial charge on any atom is 0.169 e. The van der Waals surface area contributed by atoms with Crippen molar-refractivity contribution in [2.45, 2.75) is 13.3 Å². The summed E-state index contributed by atoms with van der Waals surface area (Å²) < 4.78 is 5.59. The number of rotatable bonds is 3. The molecule has 0 saturated heterocycles. The Morgan fingerprint density at radius 3 is 2.71 bits per heavy atom. The molecule has 1 aromatic carbocycles. The van der Waals surface area contributed by atoms with Gasteiger partial charge in [-0.05, 0) is 34.0 Å². The van der Waals surface area contributed by atoms with Crippen LogP contribution in [-0.2, 0) is 6.42 Å². The van der Waals surface area contributed by atoms with Gasteiger partial charge in [-0.15, -0.1) is 0 Å². The minimum atomic E-state index is -0.119. The highest BCUT2D eigenvalue weighted by Crippen LogP contribution is 2.36. The Morgan fingerprint density at radius 1 is 1.64 bits per heavy atom. The van der Waals surface area contributed by atoms with E-state index in [-0.39, 0.29) is 11.3 Å². The molecule has 0 amide bonds. The predicted molar refractivity (Wildman–Crippen MR) is 57.1 cm³/mol. The number of carbonyl (C=O) groups is 1. The molecule has 1 aromatic rings. The SMILES string of the molecule is CCc1cc(OC)c(O)c(C=O)c1Br. The van der Waals surface area contributed by atoms with Crippen molar-refractivity contribution in [2.24, 2.45) is 0 Å². The molecule has 0 aliphatic rings. The molecule has 76 valence electrons. The van der Waals surface area contributed by atoms with Crippen LogP contribution in [-0.4, -0.2) is 18.5 Å². The third-order valence-corrected chi connectivity index (χ3v) is 2.97. The number of aldehydes is 1. The molecule has 4 heteroatoms. The molecule has 14 heavy (non-hydrogen) atoms. The van der Waals surface area contributed by atoms with Crippen LogP contribution < -0.4 is 4.74 Å². The fourth-order valence-electron chi connectivity index (χ4n) is 1.22. The first-order valence-corrected chi connectivity index (χ1v) is 4.98. The van der Waals surface area contributed by atoms with Crippen LogP contribution in [0.25, 0.3) is 0 Å². The summed E-state index contributed by atoms with van der Waals surface area (Å²) in [6.07, 6.45) is 1.37. The third-order valence-electron chi connectivity index (χ3n) is 2.03. The van der Waals surface area contributed by atoms with Crippen molar-refractivity contribution in [2.75, 3.05) is 7.11 Å². The summed E-state index contributed by atoms with van der Waals surface area (Å²) >= 11 is 3.27. The first-order chi connectivity index (χ1) is 6.65. The van der Waals surface area contributed by atoms with Gasteiger partial charge < -0.3 is 9.84 Å². The number of hydrogen-bond donors (Lipinski definition) is 1. The van der Waals surface area contributed by atoms with Gasteiger partial charge in [-0.3, -0.25) is 4.79 Å². The maximum atomic E-state index is 10.7. The van der Waals surface area contributed by atoms with Gasteiger partial charge in [0.2, 0.25) is 0 Å². The van der Waals surface area contributed by atoms with Gasteiger partial charge in [0.25, 0.3) is 0 Å². The van der Waals surface area contributed by atoms with Crippen LogP contribution in [0.2, 0.25) is 0 Å². The van der Waals surface area contributed by atoms with E-state index < -0.39 is 0 Å². The van der Waals surface area contributed by atoms with Crippen LogP contribution in [0, 0.1) is 0 Å². The van der Waals surface area contributed by atoms with E-state index in [0.717, 1.165) is 12.0 Å². The molecule has 0 aromatic heterocycles. The molecule has 0 aliphatic heterocycles. The van der Waals surface area contributed by atoms with Crippen molar-refractivity contribution in [1.29, 1.82) is 0 Å². The second-order valence-corrected chi connectivity index (χ2v) is 3.58. The summed E-state index contributed by atoms with van der Waals surface area (Å²) in [5, 5.41) is 9.60. The smallest absolute Gasteiger partial charge is 0.169 e. The van der Waals surface area contributed by atoms with Crippen molar-refractivity contribution in [1.82, 2.24) is 0 Å². The Kier molecular flexibility index (Phi) is 3.52. The van der Waals surface area contributed by atoms with Crippen LogP contribution in [0.5, 0.6) is 11.5 Å². The number of aryl methyl sites for hydroxylation is 1. The van der Waals surface area contributed by atoms with E-state index in [4.69, 9.17) is 4.74 Å². The summed E-state index contributed by atoms with van der Waals surface area (Å²) in [5.74, 6) is 0.207. The molecule has 3 nitrogen and oxygen atoms in total. The van der Waals surface area contributed by atoms with Crippen molar-refractivity contribution in [3.8, 4) is 11.5 Å². The van der Waals surface area contributed by atoms with E-state index in [1.165, 1.54) is 7.11 Å². The summed E-state index contributed by atoms with van der Waals surface area (Å²) in [6.45, 7) is 1.96. The highest BCUT2D eigenvalue weighted by atomic mass is 79.9. The number of carbonyl (C=O) groups excluding carboxylic acids is 1. The highest BCUT2D eigenvalue weighted by Gasteiger charge is 2.14. The molecular formula is C10H11BrO3. The average molecular weight is 259 g/mol. The first kappa shape index (κ1) is 11.0. The van der Waals surface area contributed by atoms with Crippen LogP contribution in [0.3, 0.4) is 0 Å². The molecule has 0 unspecified atom stereocenters. The zero-order valence-electron chi connectivity index (χ0n) is 8.00. The van der Waals surface area contributed by atoms with Crippen LogP contribution in [0.4, 0.5) is 0 Å². The van der Waals surface area contributed by atoms with E-state index in [9.17, 15) is 9.90 Å². The van der Waals surface area contributed by atoms with E-state index >= 15 is 0 Å². The van der Waals surface area contributed by atoms with Crippen molar-refractivity contribution < 1.29 is 14.6 Å². The van der Waals surface area contributed by atoms with Crippen molar-refractivity contribution >= 4 is 22.2 Å². The standard InChI is InChI=1S/C10H11BrO3/c1-3-6-4-8(14-2)10(13)7(5-12)9(6)11/h4-5,13H,3H2,1-2H3. The Balaban J connectivity index is 3.46. The van der Waals surface area contributed by atoms with E-state index in [1.807, 2.05) is 6.92 Å². The molecule has 1 N–H and O–H groups in total. The number of aromatic hydroxyl groups is 1.